The molecule has 0 aromatic carbocycles. The van der Waals surface area contributed by atoms with Gasteiger partial charge in [0.2, 0.25) is 0 Å². The summed E-state index contributed by atoms with van der Waals surface area (Å²) >= 11 is 0. The molecule has 1 aliphatic carbocycles. The molecule has 1 N–H and O–H groups in total. The van der Waals surface area contributed by atoms with E-state index >= 15 is 0 Å². The average molecular weight is 281 g/mol. The van der Waals surface area contributed by atoms with Gasteiger partial charge < -0.3 is 10.2 Å². The maximum atomic E-state index is 3.86. The topological polar surface area (TPSA) is 18.5 Å². The molecule has 1 saturated carbocycles. The second-order valence-electron chi connectivity index (χ2n) is 7.78. The summed E-state index contributed by atoms with van der Waals surface area (Å²) in [5.74, 6) is 0. The van der Waals surface area contributed by atoms with Crippen molar-refractivity contribution in [3.63, 3.8) is 0 Å². The zero-order valence-corrected chi connectivity index (χ0v) is 14.3. The molecule has 2 fully saturated rings. The lowest BCUT2D eigenvalue weighted by Gasteiger charge is -2.43. The highest BCUT2D eigenvalue weighted by Gasteiger charge is 2.44. The molecule has 118 valence electrons. The van der Waals surface area contributed by atoms with Crippen LogP contribution in [0.5, 0.6) is 0 Å². The minimum Gasteiger partial charge on any atom is -0.312 e. The number of nitrogens with zero attached hydrogens (tertiary/aromatic N) is 2. The molecule has 20 heavy (non-hydrogen) atoms. The molecule has 3 nitrogen and oxygen atoms in total. The van der Waals surface area contributed by atoms with Crippen molar-refractivity contribution < 1.29 is 0 Å². The highest BCUT2D eigenvalue weighted by Crippen LogP contribution is 2.40. The van der Waals surface area contributed by atoms with E-state index in [2.05, 4.69) is 50.0 Å². The van der Waals surface area contributed by atoms with Gasteiger partial charge in [-0.1, -0.05) is 20.8 Å². The van der Waals surface area contributed by atoms with Crippen molar-refractivity contribution in [3.05, 3.63) is 0 Å². The summed E-state index contributed by atoms with van der Waals surface area (Å²) in [5, 5.41) is 3.86. The zero-order valence-electron chi connectivity index (χ0n) is 14.3. The molecule has 0 amide bonds. The quantitative estimate of drug-likeness (QED) is 0.835. The van der Waals surface area contributed by atoms with Crippen LogP contribution in [0.2, 0.25) is 0 Å². The fourth-order valence-electron chi connectivity index (χ4n) is 4.17. The van der Waals surface area contributed by atoms with Crippen molar-refractivity contribution in [3.8, 4) is 0 Å². The van der Waals surface area contributed by atoms with Crippen LogP contribution in [0.15, 0.2) is 0 Å². The number of likely N-dealkylation sites (tertiary alicyclic amines) is 1. The van der Waals surface area contributed by atoms with Crippen molar-refractivity contribution >= 4 is 0 Å². The van der Waals surface area contributed by atoms with Gasteiger partial charge in [-0.2, -0.15) is 0 Å². The van der Waals surface area contributed by atoms with Crippen molar-refractivity contribution in [1.82, 2.24) is 15.1 Å². The van der Waals surface area contributed by atoms with Crippen LogP contribution in [0.1, 0.15) is 52.9 Å². The Bertz CT molecular complexity index is 301. The highest BCUT2D eigenvalue weighted by atomic mass is 15.2. The summed E-state index contributed by atoms with van der Waals surface area (Å²) in [6.45, 7) is 10.9. The molecule has 0 aromatic rings. The molecule has 1 aliphatic heterocycles. The Kier molecular flexibility index (Phi) is 5.49. The van der Waals surface area contributed by atoms with Crippen molar-refractivity contribution in [2.45, 2.75) is 71.0 Å². The Morgan fingerprint density at radius 3 is 2.65 bits per heavy atom. The van der Waals surface area contributed by atoms with Crippen molar-refractivity contribution in [2.75, 3.05) is 33.7 Å². The predicted molar refractivity (Wildman–Crippen MR) is 87.2 cm³/mol. The third-order valence-electron chi connectivity index (χ3n) is 5.55. The van der Waals surface area contributed by atoms with Gasteiger partial charge in [-0.25, -0.2) is 0 Å². The minimum atomic E-state index is 0.449. The van der Waals surface area contributed by atoms with E-state index in [9.17, 15) is 0 Å². The lowest BCUT2D eigenvalue weighted by molar-refractivity contribution is 0.0758. The first-order valence-electron chi connectivity index (χ1n) is 8.59. The summed E-state index contributed by atoms with van der Waals surface area (Å²) in [5.41, 5.74) is 0.449. The van der Waals surface area contributed by atoms with Crippen LogP contribution in [0.25, 0.3) is 0 Å². The normalized spacial score (nSPS) is 34.8. The first-order valence-corrected chi connectivity index (χ1v) is 8.59. The molecule has 2 aliphatic rings. The molecule has 3 heteroatoms. The molecule has 0 bridgehead atoms. The predicted octanol–water partition coefficient (Wildman–Crippen LogP) is 2.57. The summed E-state index contributed by atoms with van der Waals surface area (Å²) in [4.78, 5) is 5.21. The van der Waals surface area contributed by atoms with E-state index in [0.29, 0.717) is 11.5 Å². The fourth-order valence-corrected chi connectivity index (χ4v) is 4.17. The van der Waals surface area contributed by atoms with E-state index < -0.39 is 0 Å². The van der Waals surface area contributed by atoms with Gasteiger partial charge in [-0.3, -0.25) is 4.90 Å². The van der Waals surface area contributed by atoms with Gasteiger partial charge in [0, 0.05) is 24.7 Å². The lowest BCUT2D eigenvalue weighted by Crippen LogP contribution is -2.56. The first-order chi connectivity index (χ1) is 9.45. The lowest BCUT2D eigenvalue weighted by atomic mass is 9.85. The zero-order chi connectivity index (χ0) is 14.8. The Morgan fingerprint density at radius 2 is 2.00 bits per heavy atom. The molecule has 2 rings (SSSR count). The largest absolute Gasteiger partial charge is 0.312 e. The van der Waals surface area contributed by atoms with E-state index in [1.807, 2.05) is 0 Å². The molecule has 0 aromatic heterocycles. The third kappa shape index (κ3) is 3.55. The Balaban J connectivity index is 2.02. The molecular weight excluding hydrogens is 246 g/mol. The molecule has 0 radical (unpaired) electrons. The Hall–Kier alpha value is -0.120. The number of piperidine rings is 1. The van der Waals surface area contributed by atoms with Crippen LogP contribution in [-0.2, 0) is 0 Å². The van der Waals surface area contributed by atoms with Crippen LogP contribution in [-0.4, -0.2) is 61.7 Å². The SMILES string of the molecule is CCCNC1C(N2CCCC(N(C)C)C2)CCC1(C)C. The van der Waals surface area contributed by atoms with Crippen LogP contribution >= 0.6 is 0 Å². The third-order valence-corrected chi connectivity index (χ3v) is 5.55. The monoisotopic (exact) mass is 281 g/mol. The van der Waals surface area contributed by atoms with E-state index in [-0.39, 0.29) is 0 Å². The van der Waals surface area contributed by atoms with Gasteiger partial charge in [-0.05, 0) is 64.7 Å². The standard InChI is InChI=1S/C17H35N3/c1-6-11-18-16-15(9-10-17(16,2)3)20-12-7-8-14(13-20)19(4)5/h14-16,18H,6-13H2,1-5H3. The van der Waals surface area contributed by atoms with Crippen LogP contribution in [0, 0.1) is 5.41 Å². The summed E-state index contributed by atoms with van der Waals surface area (Å²) in [7, 11) is 4.47. The van der Waals surface area contributed by atoms with Crippen LogP contribution in [0.4, 0.5) is 0 Å². The second kappa shape index (κ2) is 6.76. The van der Waals surface area contributed by atoms with Gasteiger partial charge in [0.25, 0.3) is 0 Å². The van der Waals surface area contributed by atoms with Gasteiger partial charge in [0.1, 0.15) is 0 Å². The van der Waals surface area contributed by atoms with E-state index in [1.54, 1.807) is 0 Å². The number of nitrogens with one attached hydrogen (secondary N) is 1. The molecule has 1 saturated heterocycles. The van der Waals surface area contributed by atoms with Crippen LogP contribution in [0.3, 0.4) is 0 Å². The summed E-state index contributed by atoms with van der Waals surface area (Å²) in [6, 6.07) is 2.17. The smallest absolute Gasteiger partial charge is 0.0274 e. The Morgan fingerprint density at radius 1 is 1.25 bits per heavy atom. The maximum Gasteiger partial charge on any atom is 0.0274 e. The van der Waals surface area contributed by atoms with Gasteiger partial charge in [0.15, 0.2) is 0 Å². The number of rotatable bonds is 5. The van der Waals surface area contributed by atoms with E-state index in [4.69, 9.17) is 0 Å². The summed E-state index contributed by atoms with van der Waals surface area (Å²) in [6.07, 6.45) is 6.70. The number of hydrogen-bond acceptors (Lipinski definition) is 3. The average Bonchev–Trinajstić information content (AvgIpc) is 2.71. The maximum absolute atomic E-state index is 3.86. The highest BCUT2D eigenvalue weighted by molar-refractivity contribution is 5.02. The van der Waals surface area contributed by atoms with Gasteiger partial charge in [0.05, 0.1) is 0 Å². The van der Waals surface area contributed by atoms with Crippen molar-refractivity contribution in [2.24, 2.45) is 5.41 Å². The van der Waals surface area contributed by atoms with E-state index in [0.717, 1.165) is 18.6 Å². The number of likely N-dealkylation sites (N-methyl/N-ethyl adjacent to an activating group) is 1. The summed E-state index contributed by atoms with van der Waals surface area (Å²) < 4.78 is 0. The Labute approximate surface area is 126 Å². The molecule has 3 atom stereocenters. The second-order valence-corrected chi connectivity index (χ2v) is 7.78. The fraction of sp³-hybridized carbons (Fsp3) is 1.00. The number of hydrogen-bond donors (Lipinski definition) is 1. The van der Waals surface area contributed by atoms with Gasteiger partial charge in [-0.15, -0.1) is 0 Å². The van der Waals surface area contributed by atoms with E-state index in [1.165, 1.54) is 45.2 Å². The van der Waals surface area contributed by atoms with Crippen LogP contribution < -0.4 is 5.32 Å². The minimum absolute atomic E-state index is 0.449. The molecule has 1 heterocycles. The molecular formula is C17H35N3. The van der Waals surface area contributed by atoms with Crippen molar-refractivity contribution in [1.29, 1.82) is 0 Å². The van der Waals surface area contributed by atoms with Gasteiger partial charge >= 0.3 is 0 Å². The molecule has 0 spiro atoms. The first kappa shape index (κ1) is 16.3. The molecule has 3 unspecified atom stereocenters.